The molecular weight excluding hydrogens is 286 g/mol. The standard InChI is InChI=1S/C5HF8N3O2/c6-3(7,8)15-1(17)14-2(18)16(4(9,10)11)5(15,12)13/h(H,14,17,18). The van der Waals surface area contributed by atoms with Crippen LogP contribution in [0.15, 0.2) is 0 Å². The molecule has 1 rings (SSSR count). The summed E-state index contributed by atoms with van der Waals surface area (Å²) in [6.45, 7) is 0. The molecule has 13 heteroatoms. The van der Waals surface area contributed by atoms with Gasteiger partial charge >= 0.3 is 30.8 Å². The first-order valence-corrected chi connectivity index (χ1v) is 3.76. The number of nitrogens with zero attached hydrogens (tertiary/aromatic N) is 2. The number of urea groups is 2. The summed E-state index contributed by atoms with van der Waals surface area (Å²) in [5, 5.41) is 0.502. The number of halogens is 8. The fraction of sp³-hybridized carbons (Fsp3) is 0.600. The molecule has 4 amide bonds. The number of carbonyl (C=O) groups is 2. The Morgan fingerprint density at radius 2 is 1.11 bits per heavy atom. The molecule has 0 unspecified atom stereocenters. The molecular formula is C5HF8N3O2. The van der Waals surface area contributed by atoms with Crippen molar-refractivity contribution in [3.8, 4) is 0 Å². The Labute approximate surface area is 91.9 Å². The van der Waals surface area contributed by atoms with Crippen molar-refractivity contribution in [2.75, 3.05) is 0 Å². The number of imide groups is 1. The minimum atomic E-state index is -6.11. The van der Waals surface area contributed by atoms with E-state index in [0.717, 1.165) is 0 Å². The zero-order valence-corrected chi connectivity index (χ0v) is 7.73. The van der Waals surface area contributed by atoms with Gasteiger partial charge < -0.3 is 0 Å². The second-order valence-electron chi connectivity index (χ2n) is 2.85. The molecule has 1 saturated heterocycles. The number of nitrogens with one attached hydrogen (secondary N) is 1. The van der Waals surface area contributed by atoms with Crippen LogP contribution in [0.1, 0.15) is 0 Å². The predicted octanol–water partition coefficient (Wildman–Crippen LogP) is 2.02. The second-order valence-corrected chi connectivity index (χ2v) is 2.85. The quantitative estimate of drug-likeness (QED) is 0.547. The van der Waals surface area contributed by atoms with Gasteiger partial charge in [0.2, 0.25) is 0 Å². The number of alkyl halides is 8. The predicted molar refractivity (Wildman–Crippen MR) is 34.7 cm³/mol. The zero-order chi connectivity index (χ0) is 14.5. The fourth-order valence-electron chi connectivity index (χ4n) is 1.08. The van der Waals surface area contributed by atoms with Crippen molar-refractivity contribution in [2.45, 2.75) is 18.8 Å². The van der Waals surface area contributed by atoms with E-state index in [1.165, 1.54) is 0 Å². The molecule has 1 fully saturated rings. The fourth-order valence-corrected chi connectivity index (χ4v) is 1.08. The molecule has 0 saturated carbocycles. The van der Waals surface area contributed by atoms with Crippen LogP contribution in [0.3, 0.4) is 0 Å². The van der Waals surface area contributed by atoms with E-state index in [1.54, 1.807) is 0 Å². The largest absolute Gasteiger partial charge is 0.494 e. The monoisotopic (exact) mass is 287 g/mol. The van der Waals surface area contributed by atoms with Crippen molar-refractivity contribution >= 4 is 12.1 Å². The van der Waals surface area contributed by atoms with Gasteiger partial charge in [0.15, 0.2) is 0 Å². The highest BCUT2D eigenvalue weighted by molar-refractivity contribution is 5.96. The van der Waals surface area contributed by atoms with E-state index in [1.807, 2.05) is 0 Å². The van der Waals surface area contributed by atoms with Crippen LogP contribution < -0.4 is 5.32 Å². The van der Waals surface area contributed by atoms with Crippen LogP contribution in [-0.2, 0) is 0 Å². The van der Waals surface area contributed by atoms with E-state index in [2.05, 4.69) is 0 Å². The summed E-state index contributed by atoms with van der Waals surface area (Å²) in [4.78, 5) is 16.4. The Bertz CT molecular complexity index is 353. The van der Waals surface area contributed by atoms with Gasteiger partial charge in [0.05, 0.1) is 0 Å². The maximum absolute atomic E-state index is 13.0. The smallest absolute Gasteiger partial charge is 0.259 e. The Kier molecular flexibility index (Phi) is 2.84. The highest BCUT2D eigenvalue weighted by Crippen LogP contribution is 2.42. The van der Waals surface area contributed by atoms with E-state index in [-0.39, 0.29) is 0 Å². The molecule has 0 aromatic rings. The van der Waals surface area contributed by atoms with E-state index in [0.29, 0.717) is 5.32 Å². The van der Waals surface area contributed by atoms with Crippen LogP contribution in [-0.4, -0.2) is 40.6 Å². The Hall–Kier alpha value is -1.82. The van der Waals surface area contributed by atoms with E-state index < -0.39 is 40.6 Å². The Balaban J connectivity index is 3.33. The molecule has 0 atom stereocenters. The lowest BCUT2D eigenvalue weighted by atomic mass is 10.5. The number of hydrogen-bond acceptors (Lipinski definition) is 2. The molecule has 0 bridgehead atoms. The lowest BCUT2D eigenvalue weighted by Crippen LogP contribution is -2.74. The maximum Gasteiger partial charge on any atom is 0.494 e. The van der Waals surface area contributed by atoms with Gasteiger partial charge in [0.25, 0.3) is 0 Å². The summed E-state index contributed by atoms with van der Waals surface area (Å²) in [6.07, 6.45) is -18.1. The van der Waals surface area contributed by atoms with Crippen LogP contribution in [0.4, 0.5) is 44.7 Å². The molecule has 1 aliphatic rings. The molecule has 5 nitrogen and oxygen atoms in total. The van der Waals surface area contributed by atoms with Gasteiger partial charge in [-0.3, -0.25) is 5.32 Å². The Morgan fingerprint density at radius 1 is 0.833 bits per heavy atom. The number of rotatable bonds is 0. The first kappa shape index (κ1) is 14.2. The third-order valence-corrected chi connectivity index (χ3v) is 1.67. The molecule has 0 aromatic heterocycles. The van der Waals surface area contributed by atoms with Gasteiger partial charge in [-0.05, 0) is 0 Å². The third-order valence-electron chi connectivity index (χ3n) is 1.67. The van der Waals surface area contributed by atoms with Crippen molar-refractivity contribution < 1.29 is 44.7 Å². The minimum absolute atomic E-state index is 0.502. The summed E-state index contributed by atoms with van der Waals surface area (Å²) in [5.41, 5.74) is 0. The van der Waals surface area contributed by atoms with Gasteiger partial charge in [0.1, 0.15) is 0 Å². The number of amides is 4. The van der Waals surface area contributed by atoms with E-state index >= 15 is 0 Å². The summed E-state index contributed by atoms with van der Waals surface area (Å²) in [6, 6.07) is -5.42. The van der Waals surface area contributed by atoms with Crippen LogP contribution in [0.5, 0.6) is 0 Å². The highest BCUT2D eigenvalue weighted by atomic mass is 19.4. The molecule has 1 N–H and O–H groups in total. The van der Waals surface area contributed by atoms with Crippen molar-refractivity contribution in [1.82, 2.24) is 15.1 Å². The molecule has 0 aromatic carbocycles. The topological polar surface area (TPSA) is 52.7 Å². The van der Waals surface area contributed by atoms with Crippen molar-refractivity contribution in [3.05, 3.63) is 0 Å². The van der Waals surface area contributed by atoms with E-state index in [9.17, 15) is 44.7 Å². The van der Waals surface area contributed by atoms with Gasteiger partial charge in [-0.2, -0.15) is 18.6 Å². The van der Waals surface area contributed by atoms with Crippen LogP contribution in [0, 0.1) is 0 Å². The van der Waals surface area contributed by atoms with Crippen LogP contribution >= 0.6 is 0 Å². The first-order valence-electron chi connectivity index (χ1n) is 3.76. The zero-order valence-electron chi connectivity index (χ0n) is 7.73. The third kappa shape index (κ3) is 2.11. The average Bonchev–Trinajstić information content (AvgIpc) is 1.91. The molecule has 0 radical (unpaired) electrons. The molecule has 1 aliphatic heterocycles. The first-order chi connectivity index (χ1) is 7.79. The summed E-state index contributed by atoms with van der Waals surface area (Å²) in [7, 11) is 0. The van der Waals surface area contributed by atoms with Crippen LogP contribution in [0.25, 0.3) is 0 Å². The molecule has 0 aliphatic carbocycles. The van der Waals surface area contributed by atoms with Crippen LogP contribution in [0.2, 0.25) is 0 Å². The lowest BCUT2D eigenvalue weighted by Gasteiger charge is -2.42. The SMILES string of the molecule is O=C1NC(=O)N(C(F)(F)F)C(F)(F)N1C(F)(F)F. The molecule has 18 heavy (non-hydrogen) atoms. The second kappa shape index (κ2) is 3.58. The molecule has 0 spiro atoms. The van der Waals surface area contributed by atoms with Gasteiger partial charge in [-0.15, -0.1) is 26.3 Å². The van der Waals surface area contributed by atoms with Crippen molar-refractivity contribution in [1.29, 1.82) is 0 Å². The summed E-state index contributed by atoms with van der Waals surface area (Å²) >= 11 is 0. The minimum Gasteiger partial charge on any atom is -0.259 e. The lowest BCUT2D eigenvalue weighted by molar-refractivity contribution is -0.395. The highest BCUT2D eigenvalue weighted by Gasteiger charge is 2.70. The van der Waals surface area contributed by atoms with E-state index in [4.69, 9.17) is 0 Å². The van der Waals surface area contributed by atoms with Gasteiger partial charge in [-0.25, -0.2) is 9.59 Å². The van der Waals surface area contributed by atoms with Crippen molar-refractivity contribution in [2.24, 2.45) is 0 Å². The molecule has 1 heterocycles. The maximum atomic E-state index is 13.0. The summed E-state index contributed by atoms with van der Waals surface area (Å²) < 4.78 is 98.2. The number of carbonyl (C=O) groups excluding carboxylic acids is 2. The number of hydrogen-bond donors (Lipinski definition) is 1. The summed E-state index contributed by atoms with van der Waals surface area (Å²) in [5.74, 6) is 0. The molecule has 104 valence electrons. The van der Waals surface area contributed by atoms with Gasteiger partial charge in [0, 0.05) is 0 Å². The normalized spacial score (nSPS) is 21.1. The van der Waals surface area contributed by atoms with Crippen molar-refractivity contribution in [3.63, 3.8) is 0 Å². The van der Waals surface area contributed by atoms with Gasteiger partial charge in [-0.1, -0.05) is 0 Å². The Morgan fingerprint density at radius 3 is 1.33 bits per heavy atom. The average molecular weight is 287 g/mol.